The summed E-state index contributed by atoms with van der Waals surface area (Å²) in [6.45, 7) is 0.525. The highest BCUT2D eigenvalue weighted by atomic mass is 35.5. The van der Waals surface area contributed by atoms with Gasteiger partial charge in [-0.15, -0.1) is 0 Å². The molecule has 0 saturated carbocycles. The lowest BCUT2D eigenvalue weighted by molar-refractivity contribution is 0.0160. The Labute approximate surface area is 128 Å². The lowest BCUT2D eigenvalue weighted by Crippen LogP contribution is -2.25. The second-order valence-corrected chi connectivity index (χ2v) is 5.25. The zero-order chi connectivity index (χ0) is 15.2. The molecular weight excluding hydrogens is 294 g/mol. The summed E-state index contributed by atoms with van der Waals surface area (Å²) in [5.41, 5.74) is 6.57. The molecule has 2 atom stereocenters. The average Bonchev–Trinajstić information content (AvgIpc) is 2.93. The fourth-order valence-electron chi connectivity index (χ4n) is 2.18. The van der Waals surface area contributed by atoms with Crippen molar-refractivity contribution in [3.05, 3.63) is 23.2 Å². The highest BCUT2D eigenvalue weighted by molar-refractivity contribution is 6.32. The molecule has 21 heavy (non-hydrogen) atoms. The van der Waals surface area contributed by atoms with E-state index >= 15 is 0 Å². The van der Waals surface area contributed by atoms with E-state index in [-0.39, 0.29) is 18.8 Å². The Hall–Kier alpha value is -1.50. The van der Waals surface area contributed by atoms with Crippen molar-refractivity contribution >= 4 is 23.2 Å². The fraction of sp³-hybridized carbons (Fsp3) is 0.500. The first kappa shape index (κ1) is 15.9. The Morgan fingerprint density at radius 2 is 2.29 bits per heavy atom. The van der Waals surface area contributed by atoms with Crippen molar-refractivity contribution in [2.45, 2.75) is 25.0 Å². The minimum absolute atomic E-state index is 0.0157. The number of aliphatic imine (C=N–C) groups is 1. The van der Waals surface area contributed by atoms with E-state index in [9.17, 15) is 0 Å². The van der Waals surface area contributed by atoms with Crippen LogP contribution in [0.4, 0.5) is 5.69 Å². The molecule has 116 valence electrons. The lowest BCUT2D eigenvalue weighted by Gasteiger charge is -2.11. The third-order valence-corrected chi connectivity index (χ3v) is 3.58. The SMILES string of the molecule is COc1ccc(NC(N)=NC[C@H]2CC[C@@H](CO)O2)cc1Cl. The third-order valence-electron chi connectivity index (χ3n) is 3.29. The van der Waals surface area contributed by atoms with Gasteiger partial charge in [0, 0.05) is 5.69 Å². The number of benzene rings is 1. The normalized spacial score (nSPS) is 22.3. The van der Waals surface area contributed by atoms with Gasteiger partial charge in [0.1, 0.15) is 5.75 Å². The number of anilines is 1. The summed E-state index contributed by atoms with van der Waals surface area (Å²) in [5, 5.41) is 12.5. The number of aliphatic hydroxyl groups is 1. The number of hydrogen-bond donors (Lipinski definition) is 3. The van der Waals surface area contributed by atoms with Crippen LogP contribution < -0.4 is 15.8 Å². The predicted molar refractivity (Wildman–Crippen MR) is 83.1 cm³/mol. The molecule has 1 fully saturated rings. The molecule has 1 saturated heterocycles. The van der Waals surface area contributed by atoms with Gasteiger partial charge in [0.2, 0.25) is 0 Å². The first-order valence-corrected chi connectivity index (χ1v) is 7.17. The van der Waals surface area contributed by atoms with Crippen LogP contribution in [0.1, 0.15) is 12.8 Å². The Morgan fingerprint density at radius 3 is 2.90 bits per heavy atom. The monoisotopic (exact) mass is 313 g/mol. The van der Waals surface area contributed by atoms with Crippen molar-refractivity contribution in [1.82, 2.24) is 0 Å². The van der Waals surface area contributed by atoms with E-state index < -0.39 is 0 Å². The third kappa shape index (κ3) is 4.49. The summed E-state index contributed by atoms with van der Waals surface area (Å²) in [5.74, 6) is 0.902. The first-order valence-electron chi connectivity index (χ1n) is 6.79. The maximum Gasteiger partial charge on any atom is 0.193 e. The summed E-state index contributed by atoms with van der Waals surface area (Å²) in [6.07, 6.45) is 1.69. The van der Waals surface area contributed by atoms with Gasteiger partial charge < -0.3 is 25.6 Å². The number of aliphatic hydroxyl groups excluding tert-OH is 1. The number of nitrogens with one attached hydrogen (secondary N) is 1. The van der Waals surface area contributed by atoms with E-state index in [1.54, 1.807) is 25.3 Å². The first-order chi connectivity index (χ1) is 10.1. The van der Waals surface area contributed by atoms with Crippen molar-refractivity contribution < 1.29 is 14.6 Å². The average molecular weight is 314 g/mol. The van der Waals surface area contributed by atoms with E-state index in [1.165, 1.54) is 0 Å². The number of nitrogens with zero attached hydrogens (tertiary/aromatic N) is 1. The summed E-state index contributed by atoms with van der Waals surface area (Å²) < 4.78 is 10.7. The van der Waals surface area contributed by atoms with E-state index in [1.807, 2.05) is 0 Å². The zero-order valence-corrected chi connectivity index (χ0v) is 12.6. The quantitative estimate of drug-likeness (QED) is 0.568. The summed E-state index contributed by atoms with van der Waals surface area (Å²) in [4.78, 5) is 4.24. The molecule has 1 aliphatic heterocycles. The summed E-state index contributed by atoms with van der Waals surface area (Å²) in [6, 6.07) is 5.28. The number of methoxy groups -OCH3 is 1. The van der Waals surface area contributed by atoms with Crippen LogP contribution in [-0.2, 0) is 4.74 Å². The van der Waals surface area contributed by atoms with Gasteiger partial charge in [-0.1, -0.05) is 11.6 Å². The van der Waals surface area contributed by atoms with Gasteiger partial charge >= 0.3 is 0 Å². The maximum atomic E-state index is 9.00. The predicted octanol–water partition coefficient (Wildman–Crippen LogP) is 1.62. The van der Waals surface area contributed by atoms with Crippen molar-refractivity contribution in [2.24, 2.45) is 10.7 Å². The largest absolute Gasteiger partial charge is 0.495 e. The van der Waals surface area contributed by atoms with Crippen molar-refractivity contribution in [3.63, 3.8) is 0 Å². The standard InChI is InChI=1S/C14H20ClN3O3/c1-20-13-5-2-9(6-12(13)15)18-14(16)17-7-10-3-4-11(8-19)21-10/h2,5-6,10-11,19H,3-4,7-8H2,1H3,(H3,16,17,18)/t10-,11+/m1/s1. The number of nitrogens with two attached hydrogens (primary N) is 1. The van der Waals surface area contributed by atoms with Crippen LogP contribution in [0.2, 0.25) is 5.02 Å². The summed E-state index contributed by atoms with van der Waals surface area (Å²) in [7, 11) is 1.56. The number of rotatable bonds is 5. The molecule has 0 aromatic heterocycles. The number of ether oxygens (including phenoxy) is 2. The molecule has 0 amide bonds. The minimum atomic E-state index is -0.0696. The molecular formula is C14H20ClN3O3. The fourth-order valence-corrected chi connectivity index (χ4v) is 2.44. The molecule has 1 aliphatic rings. The molecule has 1 aromatic carbocycles. The molecule has 0 aliphatic carbocycles. The highest BCUT2D eigenvalue weighted by Gasteiger charge is 2.24. The van der Waals surface area contributed by atoms with Crippen molar-refractivity contribution in [3.8, 4) is 5.75 Å². The second-order valence-electron chi connectivity index (χ2n) is 4.84. The van der Waals surface area contributed by atoms with E-state index in [0.29, 0.717) is 23.3 Å². The van der Waals surface area contributed by atoms with Gasteiger partial charge in [-0.05, 0) is 31.0 Å². The van der Waals surface area contributed by atoms with Gasteiger partial charge in [0.05, 0.1) is 37.5 Å². The molecule has 0 radical (unpaired) electrons. The van der Waals surface area contributed by atoms with E-state index in [4.69, 9.17) is 31.9 Å². The molecule has 0 spiro atoms. The molecule has 6 nitrogen and oxygen atoms in total. The van der Waals surface area contributed by atoms with Gasteiger partial charge in [-0.3, -0.25) is 4.99 Å². The smallest absolute Gasteiger partial charge is 0.193 e. The Balaban J connectivity index is 1.87. The number of hydrogen-bond acceptors (Lipinski definition) is 4. The van der Waals surface area contributed by atoms with Crippen LogP contribution in [0.5, 0.6) is 5.75 Å². The molecule has 4 N–H and O–H groups in total. The number of halogens is 1. The van der Waals surface area contributed by atoms with Gasteiger partial charge in [-0.2, -0.15) is 0 Å². The van der Waals surface area contributed by atoms with Crippen molar-refractivity contribution in [1.29, 1.82) is 0 Å². The van der Waals surface area contributed by atoms with Gasteiger partial charge in [0.15, 0.2) is 5.96 Å². The molecule has 2 rings (SSSR count). The van der Waals surface area contributed by atoms with Gasteiger partial charge in [0.25, 0.3) is 0 Å². The second kappa shape index (κ2) is 7.49. The van der Waals surface area contributed by atoms with Crippen LogP contribution in [-0.4, -0.2) is 43.5 Å². The molecule has 1 aromatic rings. The summed E-state index contributed by atoms with van der Waals surface area (Å²) >= 11 is 6.04. The molecule has 1 heterocycles. The number of guanidine groups is 1. The van der Waals surface area contributed by atoms with Crippen molar-refractivity contribution in [2.75, 3.05) is 25.6 Å². The Bertz CT molecular complexity index is 510. The lowest BCUT2D eigenvalue weighted by atomic mass is 10.2. The molecule has 0 unspecified atom stereocenters. The topological polar surface area (TPSA) is 89.1 Å². The maximum absolute atomic E-state index is 9.00. The molecule has 7 heteroatoms. The van der Waals surface area contributed by atoms with E-state index in [0.717, 1.165) is 18.5 Å². The highest BCUT2D eigenvalue weighted by Crippen LogP contribution is 2.27. The van der Waals surface area contributed by atoms with Crippen LogP contribution in [0.3, 0.4) is 0 Å². The van der Waals surface area contributed by atoms with Gasteiger partial charge in [-0.25, -0.2) is 0 Å². The van der Waals surface area contributed by atoms with Crippen LogP contribution in [0.15, 0.2) is 23.2 Å². The van der Waals surface area contributed by atoms with Crippen LogP contribution >= 0.6 is 11.6 Å². The molecule has 0 bridgehead atoms. The van der Waals surface area contributed by atoms with E-state index in [2.05, 4.69) is 10.3 Å². The minimum Gasteiger partial charge on any atom is -0.495 e. The Kier molecular flexibility index (Phi) is 5.67. The zero-order valence-electron chi connectivity index (χ0n) is 11.9. The van der Waals surface area contributed by atoms with Crippen LogP contribution in [0, 0.1) is 0 Å². The Morgan fingerprint density at radius 1 is 1.52 bits per heavy atom. The van der Waals surface area contributed by atoms with Crippen LogP contribution in [0.25, 0.3) is 0 Å².